The van der Waals surface area contributed by atoms with Crippen LogP contribution in [0.3, 0.4) is 0 Å². The Hall–Kier alpha value is -2.36. The van der Waals surface area contributed by atoms with Crippen molar-refractivity contribution in [1.29, 1.82) is 0 Å². The first-order valence-electron chi connectivity index (χ1n) is 9.80. The average Bonchev–Trinajstić information content (AvgIpc) is 3.20. The van der Waals surface area contributed by atoms with E-state index in [9.17, 15) is 9.18 Å². The topological polar surface area (TPSA) is 83.7 Å². The van der Waals surface area contributed by atoms with Crippen LogP contribution in [0.15, 0.2) is 22.7 Å². The summed E-state index contributed by atoms with van der Waals surface area (Å²) < 4.78 is 24.2. The maximum absolute atomic E-state index is 13.8. The van der Waals surface area contributed by atoms with Crippen LogP contribution in [0.2, 0.25) is 0 Å². The monoisotopic (exact) mass is 405 g/mol. The number of aryl methyl sites for hydroxylation is 1. The lowest BCUT2D eigenvalue weighted by Crippen LogP contribution is -2.50. The molecule has 0 radical (unpaired) electrons. The van der Waals surface area contributed by atoms with Gasteiger partial charge < -0.3 is 14.6 Å². The summed E-state index contributed by atoms with van der Waals surface area (Å²) in [7, 11) is 1.61. The van der Waals surface area contributed by atoms with Gasteiger partial charge in [0, 0.05) is 45.4 Å². The zero-order chi connectivity index (χ0) is 20.8. The molecule has 1 aliphatic heterocycles. The number of nitrogens with zero attached hydrogens (tertiary/aromatic N) is 4. The minimum Gasteiger partial charge on any atom is -0.383 e. The first kappa shape index (κ1) is 21.4. The van der Waals surface area contributed by atoms with E-state index in [0.29, 0.717) is 42.5 Å². The Morgan fingerprint density at radius 1 is 1.34 bits per heavy atom. The molecule has 1 fully saturated rings. The van der Waals surface area contributed by atoms with Crippen LogP contribution >= 0.6 is 0 Å². The van der Waals surface area contributed by atoms with Crippen molar-refractivity contribution in [2.24, 2.45) is 0 Å². The summed E-state index contributed by atoms with van der Waals surface area (Å²) in [6.45, 7) is 8.31. The number of aromatic nitrogens is 2. The fourth-order valence-corrected chi connectivity index (χ4v) is 3.27. The highest BCUT2D eigenvalue weighted by atomic mass is 19.1. The van der Waals surface area contributed by atoms with Crippen LogP contribution in [0.5, 0.6) is 0 Å². The number of methoxy groups -OCH3 is 1. The van der Waals surface area contributed by atoms with Crippen LogP contribution in [0, 0.1) is 12.7 Å². The summed E-state index contributed by atoms with van der Waals surface area (Å²) in [6, 6.07) is 4.86. The van der Waals surface area contributed by atoms with Gasteiger partial charge in [0.15, 0.2) is 0 Å². The van der Waals surface area contributed by atoms with Gasteiger partial charge in [0.2, 0.25) is 17.6 Å². The molecule has 1 saturated heterocycles. The second kappa shape index (κ2) is 9.91. The summed E-state index contributed by atoms with van der Waals surface area (Å²) in [5.41, 5.74) is 1.18. The molecule has 3 rings (SSSR count). The number of rotatable bonds is 8. The van der Waals surface area contributed by atoms with E-state index in [-0.39, 0.29) is 17.8 Å². The Labute approximate surface area is 170 Å². The minimum absolute atomic E-state index is 0.00965. The second-order valence-corrected chi connectivity index (χ2v) is 7.25. The Kier molecular flexibility index (Phi) is 7.29. The predicted molar refractivity (Wildman–Crippen MR) is 106 cm³/mol. The molecule has 1 aliphatic rings. The fourth-order valence-electron chi connectivity index (χ4n) is 3.27. The van der Waals surface area contributed by atoms with Crippen molar-refractivity contribution in [3.63, 3.8) is 0 Å². The van der Waals surface area contributed by atoms with Gasteiger partial charge in [-0.1, -0.05) is 17.3 Å². The standard InChI is InChI=1S/C20H28FN5O3/c1-14-4-5-16(12-17(14)21)19-23-20(29-24-19)15(2)26-9-7-25(8-10-26)13-18(27)22-6-11-28-3/h4-5,12,15H,6-11,13H2,1-3H3,(H,22,27). The van der Waals surface area contributed by atoms with Crippen molar-refractivity contribution in [3.05, 3.63) is 35.5 Å². The number of carbonyl (C=O) groups excluding carboxylic acids is 1. The van der Waals surface area contributed by atoms with Crippen LogP contribution in [-0.4, -0.2) is 78.8 Å². The molecule has 1 N–H and O–H groups in total. The normalized spacial score (nSPS) is 16.7. The smallest absolute Gasteiger partial charge is 0.244 e. The Morgan fingerprint density at radius 2 is 2.10 bits per heavy atom. The molecule has 9 heteroatoms. The second-order valence-electron chi connectivity index (χ2n) is 7.25. The summed E-state index contributed by atoms with van der Waals surface area (Å²) in [6.07, 6.45) is 0. The molecule has 2 aromatic rings. The highest BCUT2D eigenvalue weighted by Gasteiger charge is 2.26. The summed E-state index contributed by atoms with van der Waals surface area (Å²) in [5.74, 6) is 0.614. The fraction of sp³-hybridized carbons (Fsp3) is 0.550. The third-order valence-electron chi connectivity index (χ3n) is 5.18. The largest absolute Gasteiger partial charge is 0.383 e. The van der Waals surface area contributed by atoms with Gasteiger partial charge in [-0.25, -0.2) is 4.39 Å². The zero-order valence-corrected chi connectivity index (χ0v) is 17.2. The van der Waals surface area contributed by atoms with Gasteiger partial charge in [-0.2, -0.15) is 4.98 Å². The number of halogens is 1. The molecule has 0 spiro atoms. The van der Waals surface area contributed by atoms with E-state index in [0.717, 1.165) is 26.2 Å². The number of amides is 1. The molecule has 1 unspecified atom stereocenters. The van der Waals surface area contributed by atoms with Crippen molar-refractivity contribution in [1.82, 2.24) is 25.3 Å². The molecule has 1 aromatic heterocycles. The van der Waals surface area contributed by atoms with Gasteiger partial charge in [-0.15, -0.1) is 0 Å². The summed E-state index contributed by atoms with van der Waals surface area (Å²) in [4.78, 5) is 20.8. The van der Waals surface area contributed by atoms with Crippen molar-refractivity contribution in [2.45, 2.75) is 19.9 Å². The van der Waals surface area contributed by atoms with Crippen LogP contribution in [-0.2, 0) is 9.53 Å². The van der Waals surface area contributed by atoms with Gasteiger partial charge >= 0.3 is 0 Å². The number of carbonyl (C=O) groups is 1. The lowest BCUT2D eigenvalue weighted by atomic mass is 10.1. The highest BCUT2D eigenvalue weighted by molar-refractivity contribution is 5.78. The molecule has 2 heterocycles. The first-order valence-corrected chi connectivity index (χ1v) is 9.80. The number of nitrogens with one attached hydrogen (secondary N) is 1. The lowest BCUT2D eigenvalue weighted by molar-refractivity contribution is -0.122. The molecular formula is C20H28FN5O3. The Bertz CT molecular complexity index is 820. The van der Waals surface area contributed by atoms with Crippen molar-refractivity contribution in [3.8, 4) is 11.4 Å². The van der Waals surface area contributed by atoms with Crippen LogP contribution in [0.25, 0.3) is 11.4 Å². The van der Waals surface area contributed by atoms with Gasteiger partial charge in [0.25, 0.3) is 0 Å². The molecule has 0 bridgehead atoms. The number of piperazine rings is 1. The first-order chi connectivity index (χ1) is 14.0. The molecule has 0 aliphatic carbocycles. The number of hydrogen-bond acceptors (Lipinski definition) is 7. The summed E-state index contributed by atoms with van der Waals surface area (Å²) >= 11 is 0. The molecule has 8 nitrogen and oxygen atoms in total. The molecule has 1 aromatic carbocycles. The van der Waals surface area contributed by atoms with Crippen molar-refractivity contribution in [2.75, 3.05) is 53.0 Å². The summed E-state index contributed by atoms with van der Waals surface area (Å²) in [5, 5.41) is 6.85. The average molecular weight is 405 g/mol. The van der Waals surface area contributed by atoms with E-state index in [1.807, 2.05) is 6.92 Å². The van der Waals surface area contributed by atoms with Gasteiger partial charge in [-0.05, 0) is 25.5 Å². The van der Waals surface area contributed by atoms with E-state index in [2.05, 4.69) is 25.3 Å². The van der Waals surface area contributed by atoms with Crippen LogP contribution in [0.4, 0.5) is 4.39 Å². The SMILES string of the molecule is COCCNC(=O)CN1CCN(C(C)c2nc(-c3ccc(C)c(F)c3)no2)CC1. The third-order valence-corrected chi connectivity index (χ3v) is 5.18. The molecule has 1 amide bonds. The van der Waals surface area contributed by atoms with Crippen molar-refractivity contribution < 1.29 is 18.4 Å². The van der Waals surface area contributed by atoms with E-state index in [1.54, 1.807) is 26.2 Å². The number of hydrogen-bond donors (Lipinski definition) is 1. The van der Waals surface area contributed by atoms with E-state index >= 15 is 0 Å². The van der Waals surface area contributed by atoms with Gasteiger partial charge in [0.05, 0.1) is 19.2 Å². The molecule has 158 valence electrons. The van der Waals surface area contributed by atoms with Gasteiger partial charge in [0.1, 0.15) is 5.82 Å². The number of benzene rings is 1. The van der Waals surface area contributed by atoms with E-state index in [4.69, 9.17) is 9.26 Å². The third kappa shape index (κ3) is 5.59. The van der Waals surface area contributed by atoms with Crippen LogP contribution < -0.4 is 5.32 Å². The van der Waals surface area contributed by atoms with Crippen LogP contribution in [0.1, 0.15) is 24.4 Å². The Balaban J connectivity index is 1.52. The maximum Gasteiger partial charge on any atom is 0.244 e. The molecule has 1 atom stereocenters. The minimum atomic E-state index is -0.288. The predicted octanol–water partition coefficient (Wildman–Crippen LogP) is 1.63. The lowest BCUT2D eigenvalue weighted by Gasteiger charge is -2.36. The van der Waals surface area contributed by atoms with E-state index < -0.39 is 0 Å². The molecule has 0 saturated carbocycles. The number of ether oxygens (including phenoxy) is 1. The quantitative estimate of drug-likeness (QED) is 0.668. The Morgan fingerprint density at radius 3 is 2.79 bits per heavy atom. The maximum atomic E-state index is 13.8. The zero-order valence-electron chi connectivity index (χ0n) is 17.2. The van der Waals surface area contributed by atoms with Gasteiger partial charge in [-0.3, -0.25) is 14.6 Å². The molecule has 29 heavy (non-hydrogen) atoms. The van der Waals surface area contributed by atoms with E-state index in [1.165, 1.54) is 6.07 Å². The van der Waals surface area contributed by atoms with Crippen molar-refractivity contribution >= 4 is 5.91 Å². The highest BCUT2D eigenvalue weighted by Crippen LogP contribution is 2.24. The molecular weight excluding hydrogens is 377 g/mol.